The van der Waals surface area contributed by atoms with Crippen LogP contribution in [-0.4, -0.2) is 24.9 Å². The average molecular weight is 453 g/mol. The fraction of sp³-hybridized carbons (Fsp3) is 0.407. The number of hydrogen-bond donors (Lipinski definition) is 1. The number of hydrogen-bond acceptors (Lipinski definition) is 2. The van der Waals surface area contributed by atoms with Gasteiger partial charge >= 0.3 is 0 Å². The van der Waals surface area contributed by atoms with Gasteiger partial charge in [0.15, 0.2) is 0 Å². The molecule has 32 heavy (non-hydrogen) atoms. The number of rotatable bonds is 8. The second-order valence-corrected chi connectivity index (χ2v) is 9.15. The molecule has 0 spiro atoms. The Labute approximate surface area is 196 Å². The molecule has 0 aromatic heterocycles. The van der Waals surface area contributed by atoms with Gasteiger partial charge in [0, 0.05) is 23.8 Å². The van der Waals surface area contributed by atoms with Crippen molar-refractivity contribution >= 4 is 34.7 Å². The standard InChI is InChI=1S/C27H33ClN2O2/c1-5-6-21(25-17-22(28)10-7-19(25)4)13-15-29-26(31)24-14-16-30(27(24)32)23-11-8-20(9-12-23)18(2)3/h6-12,17-18,24H,5,13-16H2,1-4H3,(H,29,31)/b21-6-. The molecule has 3 rings (SSSR count). The SMILES string of the molecule is CC/C=C(/CCNC(=O)C1CCN(c2ccc(C(C)C)cc2)C1=O)c1cc(Cl)ccc1C. The van der Waals surface area contributed by atoms with E-state index in [1.54, 1.807) is 4.90 Å². The quantitative estimate of drug-likeness (QED) is 0.490. The zero-order chi connectivity index (χ0) is 23.3. The Bertz CT molecular complexity index is 995. The van der Waals surface area contributed by atoms with E-state index in [-0.39, 0.29) is 11.8 Å². The maximum atomic E-state index is 12.9. The molecule has 1 N–H and O–H groups in total. The molecule has 0 aliphatic carbocycles. The predicted molar refractivity (Wildman–Crippen MR) is 133 cm³/mol. The molecule has 4 nitrogen and oxygen atoms in total. The van der Waals surface area contributed by atoms with Gasteiger partial charge in [0.25, 0.3) is 0 Å². The first-order valence-corrected chi connectivity index (χ1v) is 11.8. The van der Waals surface area contributed by atoms with Crippen molar-refractivity contribution in [3.63, 3.8) is 0 Å². The smallest absolute Gasteiger partial charge is 0.239 e. The van der Waals surface area contributed by atoms with Crippen molar-refractivity contribution in [1.82, 2.24) is 5.32 Å². The maximum absolute atomic E-state index is 12.9. The minimum absolute atomic E-state index is 0.116. The Morgan fingerprint density at radius 3 is 2.59 bits per heavy atom. The van der Waals surface area contributed by atoms with Crippen LogP contribution in [0.4, 0.5) is 5.69 Å². The number of carbonyl (C=O) groups excluding carboxylic acids is 2. The minimum Gasteiger partial charge on any atom is -0.355 e. The van der Waals surface area contributed by atoms with Gasteiger partial charge in [0.2, 0.25) is 11.8 Å². The molecule has 5 heteroatoms. The van der Waals surface area contributed by atoms with Crippen LogP contribution in [0.25, 0.3) is 5.57 Å². The Morgan fingerprint density at radius 1 is 1.22 bits per heavy atom. The van der Waals surface area contributed by atoms with E-state index in [9.17, 15) is 9.59 Å². The van der Waals surface area contributed by atoms with E-state index in [2.05, 4.69) is 51.2 Å². The summed E-state index contributed by atoms with van der Waals surface area (Å²) in [5.74, 6) is -0.477. The molecule has 1 atom stereocenters. The van der Waals surface area contributed by atoms with Crippen molar-refractivity contribution in [1.29, 1.82) is 0 Å². The molecule has 1 saturated heterocycles. The highest BCUT2D eigenvalue weighted by molar-refractivity contribution is 6.30. The second-order valence-electron chi connectivity index (χ2n) is 8.72. The van der Waals surface area contributed by atoms with Crippen LogP contribution < -0.4 is 10.2 Å². The zero-order valence-corrected chi connectivity index (χ0v) is 20.2. The van der Waals surface area contributed by atoms with E-state index in [1.807, 2.05) is 30.3 Å². The summed E-state index contributed by atoms with van der Waals surface area (Å²) in [4.78, 5) is 27.4. The Kier molecular flexibility index (Phi) is 8.14. The number of carbonyl (C=O) groups is 2. The van der Waals surface area contributed by atoms with Crippen molar-refractivity contribution in [2.24, 2.45) is 5.92 Å². The lowest BCUT2D eigenvalue weighted by atomic mass is 9.97. The summed E-state index contributed by atoms with van der Waals surface area (Å²) in [5.41, 5.74) is 5.53. The van der Waals surface area contributed by atoms with E-state index >= 15 is 0 Å². The number of halogens is 1. The third-order valence-electron chi connectivity index (χ3n) is 6.08. The van der Waals surface area contributed by atoms with Gasteiger partial charge in [-0.25, -0.2) is 0 Å². The van der Waals surface area contributed by atoms with Gasteiger partial charge in [-0.05, 0) is 78.6 Å². The first kappa shape index (κ1) is 24.1. The van der Waals surface area contributed by atoms with Gasteiger partial charge in [-0.1, -0.05) is 56.6 Å². The van der Waals surface area contributed by atoms with E-state index in [0.717, 1.165) is 28.8 Å². The van der Waals surface area contributed by atoms with Crippen LogP contribution in [0.1, 0.15) is 62.6 Å². The van der Waals surface area contributed by atoms with E-state index in [1.165, 1.54) is 5.56 Å². The number of anilines is 1. The topological polar surface area (TPSA) is 49.4 Å². The van der Waals surface area contributed by atoms with Crippen LogP contribution in [0.3, 0.4) is 0 Å². The molecule has 1 fully saturated rings. The summed E-state index contributed by atoms with van der Waals surface area (Å²) < 4.78 is 0. The van der Waals surface area contributed by atoms with Crippen LogP contribution in [0.15, 0.2) is 48.5 Å². The molecule has 0 saturated carbocycles. The van der Waals surface area contributed by atoms with Crippen molar-refractivity contribution in [3.05, 3.63) is 70.3 Å². The Hall–Kier alpha value is -2.59. The monoisotopic (exact) mass is 452 g/mol. The van der Waals surface area contributed by atoms with E-state index in [4.69, 9.17) is 11.6 Å². The lowest BCUT2D eigenvalue weighted by Crippen LogP contribution is -2.37. The number of benzene rings is 2. The van der Waals surface area contributed by atoms with Crippen LogP contribution in [-0.2, 0) is 9.59 Å². The summed E-state index contributed by atoms with van der Waals surface area (Å²) in [6.07, 6.45) is 4.32. The van der Waals surface area contributed by atoms with Crippen LogP contribution in [0.2, 0.25) is 5.02 Å². The molecule has 1 unspecified atom stereocenters. The number of aryl methyl sites for hydroxylation is 1. The molecule has 0 radical (unpaired) electrons. The van der Waals surface area contributed by atoms with Gasteiger partial charge in [-0.2, -0.15) is 0 Å². The number of nitrogens with one attached hydrogen (secondary N) is 1. The normalized spacial score (nSPS) is 16.7. The van der Waals surface area contributed by atoms with E-state index in [0.29, 0.717) is 36.9 Å². The molecule has 2 amide bonds. The highest BCUT2D eigenvalue weighted by atomic mass is 35.5. The summed E-state index contributed by atoms with van der Waals surface area (Å²) in [7, 11) is 0. The van der Waals surface area contributed by atoms with Gasteiger partial charge < -0.3 is 10.2 Å². The number of allylic oxidation sites excluding steroid dienone is 1. The number of nitrogens with zero attached hydrogens (tertiary/aromatic N) is 1. The van der Waals surface area contributed by atoms with Gasteiger partial charge in [0.1, 0.15) is 5.92 Å². The molecule has 170 valence electrons. The summed E-state index contributed by atoms with van der Waals surface area (Å²) >= 11 is 6.20. The van der Waals surface area contributed by atoms with Crippen molar-refractivity contribution in [2.45, 2.75) is 52.9 Å². The zero-order valence-electron chi connectivity index (χ0n) is 19.5. The number of amides is 2. The van der Waals surface area contributed by atoms with E-state index < -0.39 is 5.92 Å². The molecule has 2 aromatic rings. The molecular weight excluding hydrogens is 420 g/mol. The fourth-order valence-electron chi connectivity index (χ4n) is 4.20. The molecule has 0 bridgehead atoms. The molecule has 2 aromatic carbocycles. The first-order valence-electron chi connectivity index (χ1n) is 11.5. The van der Waals surface area contributed by atoms with Gasteiger partial charge in [-0.15, -0.1) is 0 Å². The second kappa shape index (κ2) is 10.8. The summed E-state index contributed by atoms with van der Waals surface area (Å²) in [5, 5.41) is 3.69. The van der Waals surface area contributed by atoms with Gasteiger partial charge in [-0.3, -0.25) is 9.59 Å². The minimum atomic E-state index is -0.619. The lowest BCUT2D eigenvalue weighted by molar-refractivity contribution is -0.132. The molecular formula is C27H33ClN2O2. The average Bonchev–Trinajstić information content (AvgIpc) is 3.16. The predicted octanol–water partition coefficient (Wildman–Crippen LogP) is 6.12. The Balaban J connectivity index is 1.59. The summed E-state index contributed by atoms with van der Waals surface area (Å²) in [6, 6.07) is 13.9. The lowest BCUT2D eigenvalue weighted by Gasteiger charge is -2.18. The molecule has 1 aliphatic heterocycles. The van der Waals surface area contributed by atoms with Crippen molar-refractivity contribution < 1.29 is 9.59 Å². The third kappa shape index (κ3) is 5.60. The fourth-order valence-corrected chi connectivity index (χ4v) is 4.37. The molecule has 1 heterocycles. The van der Waals surface area contributed by atoms with Crippen molar-refractivity contribution in [3.8, 4) is 0 Å². The Morgan fingerprint density at radius 2 is 1.94 bits per heavy atom. The van der Waals surface area contributed by atoms with Crippen LogP contribution in [0, 0.1) is 12.8 Å². The van der Waals surface area contributed by atoms with Crippen LogP contribution in [0.5, 0.6) is 0 Å². The van der Waals surface area contributed by atoms with Crippen LogP contribution >= 0.6 is 11.6 Å². The highest BCUT2D eigenvalue weighted by Gasteiger charge is 2.37. The molecule has 1 aliphatic rings. The third-order valence-corrected chi connectivity index (χ3v) is 6.32. The summed E-state index contributed by atoms with van der Waals surface area (Å²) in [6.45, 7) is 9.51. The van der Waals surface area contributed by atoms with Crippen molar-refractivity contribution in [2.75, 3.05) is 18.0 Å². The highest BCUT2D eigenvalue weighted by Crippen LogP contribution is 2.28. The maximum Gasteiger partial charge on any atom is 0.239 e. The largest absolute Gasteiger partial charge is 0.355 e. The first-order chi connectivity index (χ1) is 15.3. The van der Waals surface area contributed by atoms with Gasteiger partial charge in [0.05, 0.1) is 0 Å².